The molecule has 8 heteroatoms. The number of carbonyl (C=O) groups is 2. The Hall–Kier alpha value is -3.93. The van der Waals surface area contributed by atoms with Crippen LogP contribution in [0.3, 0.4) is 0 Å². The van der Waals surface area contributed by atoms with Gasteiger partial charge in [-0.3, -0.25) is 14.5 Å². The van der Waals surface area contributed by atoms with E-state index in [4.69, 9.17) is 9.05 Å². The summed E-state index contributed by atoms with van der Waals surface area (Å²) in [6.45, 7) is 2.58. The fraction of sp³-hybridized carbons (Fsp3) is 0.111. The molecule has 0 saturated heterocycles. The molecule has 174 valence electrons. The van der Waals surface area contributed by atoms with Crippen molar-refractivity contribution in [1.82, 2.24) is 4.57 Å². The first kappa shape index (κ1) is 21.6. The summed E-state index contributed by atoms with van der Waals surface area (Å²) in [5.41, 5.74) is 3.82. The Morgan fingerprint density at radius 2 is 1.57 bits per heavy atom. The number of para-hydroxylation sites is 1. The number of benzene rings is 3. The van der Waals surface area contributed by atoms with E-state index in [1.165, 1.54) is 30.3 Å². The van der Waals surface area contributed by atoms with E-state index in [1.807, 2.05) is 35.8 Å². The lowest BCUT2D eigenvalue weighted by atomic mass is 9.81. The summed E-state index contributed by atoms with van der Waals surface area (Å²) in [6, 6.07) is 20.5. The minimum atomic E-state index is -4.64. The van der Waals surface area contributed by atoms with Crippen molar-refractivity contribution in [2.75, 3.05) is 0 Å². The molecule has 35 heavy (non-hydrogen) atoms. The van der Waals surface area contributed by atoms with Crippen LogP contribution in [-0.2, 0) is 11.1 Å². The summed E-state index contributed by atoms with van der Waals surface area (Å²) in [7, 11) is -4.64. The molecular weight excluding hydrogens is 465 g/mol. The second-order valence-electron chi connectivity index (χ2n) is 8.65. The highest BCUT2D eigenvalue weighted by molar-refractivity contribution is 7.48. The first-order valence-corrected chi connectivity index (χ1v) is 12.6. The van der Waals surface area contributed by atoms with Crippen LogP contribution in [0.1, 0.15) is 61.5 Å². The number of carbonyl (C=O) groups excluding carboxylic acids is 2. The Labute approximate surface area is 201 Å². The molecule has 0 radical (unpaired) electrons. The first-order chi connectivity index (χ1) is 16.8. The van der Waals surface area contributed by atoms with E-state index >= 15 is 0 Å². The minimum absolute atomic E-state index is 0.0379. The molecule has 2 heterocycles. The van der Waals surface area contributed by atoms with Crippen LogP contribution < -0.4 is 9.05 Å². The van der Waals surface area contributed by atoms with Crippen LogP contribution in [0.5, 0.6) is 11.5 Å². The van der Waals surface area contributed by atoms with Crippen molar-refractivity contribution < 1.29 is 28.1 Å². The normalized spacial score (nSPS) is 17.5. The van der Waals surface area contributed by atoms with E-state index in [2.05, 4.69) is 0 Å². The maximum atomic E-state index is 13.7. The maximum Gasteiger partial charge on any atom is 0.584 e. The van der Waals surface area contributed by atoms with Gasteiger partial charge in [0.2, 0.25) is 0 Å². The molecule has 2 unspecified atom stereocenters. The molecular formula is C27H20NO6P. The van der Waals surface area contributed by atoms with Crippen LogP contribution in [0.4, 0.5) is 0 Å². The van der Waals surface area contributed by atoms with Gasteiger partial charge in [0, 0.05) is 29.9 Å². The summed E-state index contributed by atoms with van der Waals surface area (Å²) in [6.07, 6.45) is 1.70. The zero-order chi connectivity index (χ0) is 24.3. The van der Waals surface area contributed by atoms with Gasteiger partial charge in [-0.1, -0.05) is 61.5 Å². The van der Waals surface area contributed by atoms with Crippen LogP contribution in [0, 0.1) is 0 Å². The Balaban J connectivity index is 1.41. The van der Waals surface area contributed by atoms with Gasteiger partial charge >= 0.3 is 7.82 Å². The predicted molar refractivity (Wildman–Crippen MR) is 128 cm³/mol. The van der Waals surface area contributed by atoms with Crippen LogP contribution >= 0.6 is 7.82 Å². The fourth-order valence-electron chi connectivity index (χ4n) is 5.07. The molecule has 0 amide bonds. The number of rotatable bonds is 4. The van der Waals surface area contributed by atoms with Gasteiger partial charge in [-0.25, -0.2) is 4.57 Å². The number of hydrogen-bond acceptors (Lipinski definition) is 5. The summed E-state index contributed by atoms with van der Waals surface area (Å²) in [5.74, 6) is -0.839. The molecule has 2 aliphatic rings. The largest absolute Gasteiger partial charge is 0.584 e. The number of fused-ring (bicyclic) bond motifs is 5. The Kier molecular flexibility index (Phi) is 4.81. The molecule has 1 aromatic heterocycles. The van der Waals surface area contributed by atoms with Crippen LogP contribution in [0.25, 0.3) is 0 Å². The zero-order valence-corrected chi connectivity index (χ0v) is 19.6. The Morgan fingerprint density at radius 1 is 0.857 bits per heavy atom. The maximum absolute atomic E-state index is 13.7. The van der Waals surface area contributed by atoms with E-state index in [0.717, 1.165) is 16.8 Å². The minimum Gasteiger partial charge on any atom is -0.395 e. The van der Waals surface area contributed by atoms with E-state index in [9.17, 15) is 19.0 Å². The molecule has 0 saturated carbocycles. The molecule has 0 bridgehead atoms. The summed E-state index contributed by atoms with van der Waals surface area (Å²) in [5, 5.41) is 0. The number of ketones is 2. The lowest BCUT2D eigenvalue weighted by Crippen LogP contribution is -2.23. The summed E-state index contributed by atoms with van der Waals surface area (Å²) in [4.78, 5) is 37.7. The lowest BCUT2D eigenvalue weighted by molar-refractivity contribution is 0.0977. The monoisotopic (exact) mass is 485 g/mol. The highest BCUT2D eigenvalue weighted by Crippen LogP contribution is 2.48. The van der Waals surface area contributed by atoms with Gasteiger partial charge in [-0.2, -0.15) is 0 Å². The number of nitrogens with zero attached hydrogens (tertiary/aromatic N) is 1. The molecule has 0 spiro atoms. The van der Waals surface area contributed by atoms with Crippen molar-refractivity contribution in [2.45, 2.75) is 19.4 Å². The van der Waals surface area contributed by atoms with Gasteiger partial charge in [0.05, 0.1) is 16.7 Å². The van der Waals surface area contributed by atoms with Gasteiger partial charge in [-0.05, 0) is 29.3 Å². The third-order valence-corrected chi connectivity index (χ3v) is 7.41. The average molecular weight is 485 g/mol. The summed E-state index contributed by atoms with van der Waals surface area (Å²) < 4.78 is 25.1. The average Bonchev–Trinajstić information content (AvgIpc) is 3.23. The zero-order valence-electron chi connectivity index (χ0n) is 18.7. The molecule has 3 aromatic carbocycles. The molecule has 6 rings (SSSR count). The second kappa shape index (κ2) is 7.80. The van der Waals surface area contributed by atoms with Crippen molar-refractivity contribution in [3.8, 4) is 11.5 Å². The summed E-state index contributed by atoms with van der Waals surface area (Å²) >= 11 is 0. The first-order valence-electron chi connectivity index (χ1n) is 11.1. The number of phosphoric ester groups is 1. The Morgan fingerprint density at radius 3 is 2.37 bits per heavy atom. The van der Waals surface area contributed by atoms with Gasteiger partial charge < -0.3 is 13.6 Å². The topological polar surface area (TPSA) is 94.8 Å². The SMILES string of the molecule is CC1c2ccccc2Cn2cc3c(c21)C(=O)c1cccc(OP(=O)(O)Oc2ccccc2)c1C3=O. The van der Waals surface area contributed by atoms with Crippen LogP contribution in [0.2, 0.25) is 0 Å². The van der Waals surface area contributed by atoms with Gasteiger partial charge in [-0.15, -0.1) is 0 Å². The van der Waals surface area contributed by atoms with Crippen molar-refractivity contribution in [1.29, 1.82) is 0 Å². The van der Waals surface area contributed by atoms with Crippen molar-refractivity contribution >= 4 is 19.4 Å². The Bertz CT molecular complexity index is 1570. The third kappa shape index (κ3) is 3.43. The molecule has 1 aliphatic heterocycles. The van der Waals surface area contributed by atoms with Crippen LogP contribution in [0.15, 0.2) is 79.0 Å². The highest BCUT2D eigenvalue weighted by Gasteiger charge is 2.40. The molecule has 2 atom stereocenters. The number of hydrogen-bond donors (Lipinski definition) is 1. The van der Waals surface area contributed by atoms with Crippen molar-refractivity contribution in [2.24, 2.45) is 0 Å². The number of phosphoric acid groups is 1. The van der Waals surface area contributed by atoms with Gasteiger partial charge in [0.25, 0.3) is 0 Å². The lowest BCUT2D eigenvalue weighted by Gasteiger charge is -2.27. The van der Waals surface area contributed by atoms with Gasteiger partial charge in [0.15, 0.2) is 11.6 Å². The van der Waals surface area contributed by atoms with Crippen molar-refractivity contribution in [3.63, 3.8) is 0 Å². The standard InChI is InChI=1S/C27H20NO6P/c1-16-19-11-6-5-8-17(19)14-28-15-21-24(25(16)28)26(29)20-12-7-13-22(23(20)27(21)30)34-35(31,32)33-18-9-3-2-4-10-18/h2-13,15-16H,14H2,1H3,(H,31,32). The molecule has 1 aliphatic carbocycles. The molecule has 4 aromatic rings. The highest BCUT2D eigenvalue weighted by atomic mass is 31.2. The van der Waals surface area contributed by atoms with Gasteiger partial charge in [0.1, 0.15) is 11.5 Å². The van der Waals surface area contributed by atoms with Crippen LogP contribution in [-0.4, -0.2) is 21.0 Å². The smallest absolute Gasteiger partial charge is 0.395 e. The number of aromatic nitrogens is 1. The second-order valence-corrected chi connectivity index (χ2v) is 9.95. The fourth-order valence-corrected chi connectivity index (χ4v) is 5.89. The molecule has 1 N–H and O–H groups in total. The predicted octanol–water partition coefficient (Wildman–Crippen LogP) is 5.34. The van der Waals surface area contributed by atoms with E-state index < -0.39 is 13.6 Å². The van der Waals surface area contributed by atoms with Crippen molar-refractivity contribution in [3.05, 3.63) is 118 Å². The van der Waals surface area contributed by atoms with E-state index in [0.29, 0.717) is 12.1 Å². The van der Waals surface area contributed by atoms with E-state index in [-0.39, 0.29) is 39.9 Å². The quantitative estimate of drug-likeness (QED) is 0.346. The molecule has 0 fully saturated rings. The van der Waals surface area contributed by atoms with E-state index in [1.54, 1.807) is 24.4 Å². The third-order valence-electron chi connectivity index (χ3n) is 6.54. The molecule has 7 nitrogen and oxygen atoms in total.